The SMILES string of the molecule is COCCN1C(=O)C(=O)/C(=C(\O)c2ccc(S(=O)(=O)N3CCCCC3)cc2)C1c1cccc(OC)c1. The molecule has 2 aliphatic rings. The number of aliphatic hydroxyl groups excluding tert-OH is 1. The van der Waals surface area contributed by atoms with Crippen LogP contribution in [-0.2, 0) is 24.3 Å². The second-order valence-electron chi connectivity index (χ2n) is 8.75. The van der Waals surface area contributed by atoms with Gasteiger partial charge in [-0.15, -0.1) is 0 Å². The van der Waals surface area contributed by atoms with E-state index in [0.717, 1.165) is 19.3 Å². The van der Waals surface area contributed by atoms with E-state index in [0.29, 0.717) is 24.4 Å². The van der Waals surface area contributed by atoms with Crippen LogP contribution >= 0.6 is 0 Å². The molecule has 0 bridgehead atoms. The Balaban J connectivity index is 1.74. The van der Waals surface area contributed by atoms with Crippen molar-refractivity contribution in [2.24, 2.45) is 0 Å². The highest BCUT2D eigenvalue weighted by Gasteiger charge is 2.46. The van der Waals surface area contributed by atoms with E-state index in [4.69, 9.17) is 9.47 Å². The molecule has 36 heavy (non-hydrogen) atoms. The molecule has 9 nitrogen and oxygen atoms in total. The number of hydrogen-bond acceptors (Lipinski definition) is 7. The second kappa shape index (κ2) is 10.8. The molecule has 0 radical (unpaired) electrons. The van der Waals surface area contributed by atoms with Crippen molar-refractivity contribution in [2.45, 2.75) is 30.2 Å². The highest BCUT2D eigenvalue weighted by atomic mass is 32.2. The van der Waals surface area contributed by atoms with Gasteiger partial charge in [-0.1, -0.05) is 18.6 Å². The minimum atomic E-state index is -3.65. The van der Waals surface area contributed by atoms with E-state index in [1.807, 2.05) is 0 Å². The molecule has 1 N–H and O–H groups in total. The highest BCUT2D eigenvalue weighted by Crippen LogP contribution is 2.40. The van der Waals surface area contributed by atoms with Crippen LogP contribution in [-0.4, -0.2) is 74.9 Å². The topological polar surface area (TPSA) is 113 Å². The van der Waals surface area contributed by atoms with Gasteiger partial charge in [-0.2, -0.15) is 4.31 Å². The number of carbonyl (C=O) groups excluding carboxylic acids is 2. The minimum absolute atomic E-state index is 0.0732. The summed E-state index contributed by atoms with van der Waals surface area (Å²) in [6.07, 6.45) is 2.66. The Morgan fingerprint density at radius 2 is 1.72 bits per heavy atom. The Kier molecular flexibility index (Phi) is 7.77. The molecule has 2 aromatic rings. The van der Waals surface area contributed by atoms with Crippen LogP contribution in [0, 0.1) is 0 Å². The lowest BCUT2D eigenvalue weighted by Crippen LogP contribution is -2.35. The minimum Gasteiger partial charge on any atom is -0.507 e. The number of ketones is 1. The van der Waals surface area contributed by atoms with Gasteiger partial charge in [0, 0.05) is 32.3 Å². The molecule has 2 heterocycles. The van der Waals surface area contributed by atoms with Gasteiger partial charge in [0.2, 0.25) is 10.0 Å². The van der Waals surface area contributed by atoms with Crippen LogP contribution in [0.2, 0.25) is 0 Å². The van der Waals surface area contributed by atoms with Crippen LogP contribution in [0.1, 0.15) is 36.4 Å². The van der Waals surface area contributed by atoms with Crippen molar-refractivity contribution in [1.82, 2.24) is 9.21 Å². The second-order valence-corrected chi connectivity index (χ2v) is 10.7. The van der Waals surface area contributed by atoms with Crippen molar-refractivity contribution in [3.63, 3.8) is 0 Å². The van der Waals surface area contributed by atoms with Crippen LogP contribution in [0.25, 0.3) is 5.76 Å². The zero-order valence-corrected chi connectivity index (χ0v) is 21.2. The van der Waals surface area contributed by atoms with Gasteiger partial charge >= 0.3 is 0 Å². The zero-order chi connectivity index (χ0) is 25.9. The number of carbonyl (C=O) groups is 2. The van der Waals surface area contributed by atoms with Gasteiger partial charge in [0.05, 0.1) is 30.2 Å². The Hall–Kier alpha value is -3.21. The third-order valence-corrected chi connectivity index (χ3v) is 8.48. The molecule has 1 atom stereocenters. The van der Waals surface area contributed by atoms with E-state index < -0.39 is 27.8 Å². The number of aliphatic hydroxyl groups is 1. The fraction of sp³-hybridized carbons (Fsp3) is 0.385. The lowest BCUT2D eigenvalue weighted by Gasteiger charge is -2.26. The first kappa shape index (κ1) is 25.9. The van der Waals surface area contributed by atoms with Gasteiger partial charge in [-0.3, -0.25) is 9.59 Å². The van der Waals surface area contributed by atoms with E-state index in [1.54, 1.807) is 24.3 Å². The molecule has 10 heteroatoms. The predicted molar refractivity (Wildman–Crippen MR) is 133 cm³/mol. The Bertz CT molecular complexity index is 1270. The number of benzene rings is 2. The summed E-state index contributed by atoms with van der Waals surface area (Å²) in [6, 6.07) is 11.8. The molecule has 4 rings (SSSR count). The van der Waals surface area contributed by atoms with E-state index in [2.05, 4.69) is 0 Å². The number of rotatable bonds is 8. The number of piperidine rings is 1. The molecule has 1 amide bonds. The van der Waals surface area contributed by atoms with Crippen LogP contribution < -0.4 is 4.74 Å². The zero-order valence-electron chi connectivity index (χ0n) is 20.3. The summed E-state index contributed by atoms with van der Waals surface area (Å²) in [5.41, 5.74) is 0.761. The molecule has 192 valence electrons. The first-order valence-corrected chi connectivity index (χ1v) is 13.3. The Morgan fingerprint density at radius 3 is 2.36 bits per heavy atom. The van der Waals surface area contributed by atoms with Gasteiger partial charge < -0.3 is 19.5 Å². The Morgan fingerprint density at radius 1 is 1.03 bits per heavy atom. The molecule has 0 aliphatic carbocycles. The summed E-state index contributed by atoms with van der Waals surface area (Å²) in [5, 5.41) is 11.2. The maximum absolute atomic E-state index is 13.1. The molecule has 2 aliphatic heterocycles. The number of nitrogens with zero attached hydrogens (tertiary/aromatic N) is 2. The molecule has 1 unspecified atom stereocenters. The number of sulfonamides is 1. The summed E-state index contributed by atoms with van der Waals surface area (Å²) in [6.45, 7) is 1.31. The highest BCUT2D eigenvalue weighted by molar-refractivity contribution is 7.89. The number of hydrogen-bond donors (Lipinski definition) is 1. The van der Waals surface area contributed by atoms with Crippen LogP contribution in [0.5, 0.6) is 5.75 Å². The molecule has 0 aromatic heterocycles. The van der Waals surface area contributed by atoms with Crippen LogP contribution in [0.15, 0.2) is 59.0 Å². The summed E-state index contributed by atoms with van der Waals surface area (Å²) in [4.78, 5) is 27.5. The van der Waals surface area contributed by atoms with Gasteiger partial charge in [0.1, 0.15) is 11.5 Å². The predicted octanol–water partition coefficient (Wildman–Crippen LogP) is 2.94. The van der Waals surface area contributed by atoms with Gasteiger partial charge in [0.25, 0.3) is 11.7 Å². The smallest absolute Gasteiger partial charge is 0.295 e. The Labute approximate surface area is 211 Å². The van der Waals surface area contributed by atoms with E-state index >= 15 is 0 Å². The summed E-state index contributed by atoms with van der Waals surface area (Å²) in [7, 11) is -0.634. The molecule has 0 spiro atoms. The monoisotopic (exact) mass is 514 g/mol. The van der Waals surface area contributed by atoms with E-state index in [1.165, 1.54) is 47.7 Å². The van der Waals surface area contributed by atoms with Crippen molar-refractivity contribution >= 4 is 27.5 Å². The first-order valence-electron chi connectivity index (χ1n) is 11.8. The average Bonchev–Trinajstić information content (AvgIpc) is 3.17. The third-order valence-electron chi connectivity index (χ3n) is 6.57. The third kappa shape index (κ3) is 4.88. The molecule has 2 aromatic carbocycles. The maximum atomic E-state index is 13.1. The molecule has 2 fully saturated rings. The standard InChI is InChI=1S/C26H30N2O7S/c1-34-16-15-28-23(19-7-6-8-20(17-19)35-2)22(25(30)26(28)31)24(29)18-9-11-21(12-10-18)36(32,33)27-13-4-3-5-14-27/h6-12,17,23,29H,3-5,13-16H2,1-2H3/b24-22-. The summed E-state index contributed by atoms with van der Waals surface area (Å²) in [5.74, 6) is -1.40. The van der Waals surface area contributed by atoms with Crippen molar-refractivity contribution in [2.75, 3.05) is 40.5 Å². The van der Waals surface area contributed by atoms with Crippen molar-refractivity contribution in [3.8, 4) is 5.75 Å². The normalized spacial score (nSPS) is 20.6. The van der Waals surface area contributed by atoms with E-state index in [-0.39, 0.29) is 34.9 Å². The molecular formula is C26H30N2O7S. The lowest BCUT2D eigenvalue weighted by molar-refractivity contribution is -0.140. The van der Waals surface area contributed by atoms with Gasteiger partial charge in [0.15, 0.2) is 0 Å². The van der Waals surface area contributed by atoms with Crippen molar-refractivity contribution in [1.29, 1.82) is 0 Å². The summed E-state index contributed by atoms with van der Waals surface area (Å²) >= 11 is 0. The molecule has 2 saturated heterocycles. The van der Waals surface area contributed by atoms with Gasteiger partial charge in [-0.25, -0.2) is 8.42 Å². The molecule has 0 saturated carbocycles. The van der Waals surface area contributed by atoms with Crippen molar-refractivity contribution in [3.05, 3.63) is 65.2 Å². The number of ether oxygens (including phenoxy) is 2. The average molecular weight is 515 g/mol. The molecular weight excluding hydrogens is 484 g/mol. The van der Waals surface area contributed by atoms with Crippen LogP contribution in [0.4, 0.5) is 0 Å². The van der Waals surface area contributed by atoms with E-state index in [9.17, 15) is 23.1 Å². The lowest BCUT2D eigenvalue weighted by atomic mass is 9.95. The number of likely N-dealkylation sites (tertiary alicyclic amines) is 1. The quantitative estimate of drug-likeness (QED) is 0.327. The number of Topliss-reactive ketones (excluding diaryl/α,β-unsaturated/α-hetero) is 1. The number of amides is 1. The number of methoxy groups -OCH3 is 2. The fourth-order valence-corrected chi connectivity index (χ4v) is 6.17. The largest absolute Gasteiger partial charge is 0.507 e. The first-order chi connectivity index (χ1) is 17.3. The summed E-state index contributed by atoms with van der Waals surface area (Å²) < 4.78 is 37.9. The fourth-order valence-electron chi connectivity index (χ4n) is 4.65. The van der Waals surface area contributed by atoms with Crippen molar-refractivity contribution < 1.29 is 32.6 Å². The van der Waals surface area contributed by atoms with Crippen LogP contribution in [0.3, 0.4) is 0 Å². The maximum Gasteiger partial charge on any atom is 0.295 e. The van der Waals surface area contributed by atoms with Gasteiger partial charge in [-0.05, 0) is 54.8 Å².